The van der Waals surface area contributed by atoms with Crippen molar-refractivity contribution in [2.24, 2.45) is 7.05 Å². The van der Waals surface area contributed by atoms with Crippen molar-refractivity contribution < 1.29 is 9.53 Å². The lowest BCUT2D eigenvalue weighted by Crippen LogP contribution is -1.99. The average Bonchev–Trinajstić information content (AvgIpc) is 2.73. The van der Waals surface area contributed by atoms with Gasteiger partial charge in [-0.15, -0.1) is 0 Å². The molecule has 0 saturated heterocycles. The summed E-state index contributed by atoms with van der Waals surface area (Å²) in [5.74, 6) is 0.586. The zero-order valence-corrected chi connectivity index (χ0v) is 8.96. The second kappa shape index (κ2) is 4.61. The van der Waals surface area contributed by atoms with E-state index < -0.39 is 0 Å². The average molecular weight is 216 g/mol. The Hall–Kier alpha value is -2.10. The summed E-state index contributed by atoms with van der Waals surface area (Å²) in [6.45, 7) is 0.367. The number of carbonyl (C=O) groups is 1. The molecule has 0 unspecified atom stereocenters. The van der Waals surface area contributed by atoms with Crippen LogP contribution in [0.4, 0.5) is 0 Å². The van der Waals surface area contributed by atoms with Gasteiger partial charge in [-0.05, 0) is 18.2 Å². The van der Waals surface area contributed by atoms with E-state index >= 15 is 0 Å². The van der Waals surface area contributed by atoms with Crippen molar-refractivity contribution in [1.82, 2.24) is 9.78 Å². The summed E-state index contributed by atoms with van der Waals surface area (Å²) in [5.41, 5.74) is 1.39. The van der Waals surface area contributed by atoms with Gasteiger partial charge in [0.1, 0.15) is 12.4 Å². The number of carbonyl (C=O) groups excluding carboxylic acids is 1. The van der Waals surface area contributed by atoms with E-state index in [0.29, 0.717) is 17.9 Å². The molecule has 0 spiro atoms. The molecule has 1 heterocycles. The van der Waals surface area contributed by atoms with Crippen LogP contribution in [0.15, 0.2) is 36.5 Å². The third-order valence-corrected chi connectivity index (χ3v) is 2.19. The van der Waals surface area contributed by atoms with Crippen molar-refractivity contribution in [3.63, 3.8) is 0 Å². The van der Waals surface area contributed by atoms with Crippen LogP contribution in [0, 0.1) is 0 Å². The molecule has 82 valence electrons. The van der Waals surface area contributed by atoms with Crippen molar-refractivity contribution in [2.45, 2.75) is 6.61 Å². The smallest absolute Gasteiger partial charge is 0.153 e. The lowest BCUT2D eigenvalue weighted by molar-refractivity contribution is 0.111. The first-order valence-electron chi connectivity index (χ1n) is 4.95. The lowest BCUT2D eigenvalue weighted by Gasteiger charge is -2.05. The molecule has 4 nitrogen and oxygen atoms in total. The monoisotopic (exact) mass is 216 g/mol. The molecule has 0 N–H and O–H groups in total. The van der Waals surface area contributed by atoms with Crippen LogP contribution >= 0.6 is 0 Å². The Bertz CT molecular complexity index is 491. The van der Waals surface area contributed by atoms with Gasteiger partial charge in [-0.25, -0.2) is 0 Å². The first-order valence-corrected chi connectivity index (χ1v) is 4.95. The summed E-state index contributed by atoms with van der Waals surface area (Å²) >= 11 is 0. The van der Waals surface area contributed by atoms with Crippen molar-refractivity contribution in [3.05, 3.63) is 47.8 Å². The summed E-state index contributed by atoms with van der Waals surface area (Å²) in [7, 11) is 1.85. The first kappa shape index (κ1) is 10.4. The summed E-state index contributed by atoms with van der Waals surface area (Å²) in [4.78, 5) is 10.7. The van der Waals surface area contributed by atoms with Gasteiger partial charge in [0.15, 0.2) is 6.29 Å². The molecule has 2 aromatic rings. The summed E-state index contributed by atoms with van der Waals surface area (Å²) in [6.07, 6.45) is 2.64. The van der Waals surface area contributed by atoms with Crippen molar-refractivity contribution >= 4 is 6.29 Å². The lowest BCUT2D eigenvalue weighted by atomic mass is 10.2. The maximum Gasteiger partial charge on any atom is 0.153 e. The summed E-state index contributed by atoms with van der Waals surface area (Å²) in [5, 5.41) is 4.18. The standard InChI is InChI=1S/C12H12N2O2/c1-14-7-6-11(13-14)9-16-12-5-3-2-4-10(12)8-15/h2-8H,9H2,1H3. The van der Waals surface area contributed by atoms with Crippen molar-refractivity contribution in [3.8, 4) is 5.75 Å². The molecule has 1 aromatic carbocycles. The van der Waals surface area contributed by atoms with Gasteiger partial charge < -0.3 is 4.74 Å². The molecule has 1 aromatic heterocycles. The Balaban J connectivity index is 2.07. The van der Waals surface area contributed by atoms with Gasteiger partial charge in [0.2, 0.25) is 0 Å². The van der Waals surface area contributed by atoms with Crippen molar-refractivity contribution in [1.29, 1.82) is 0 Å². The molecule has 0 saturated carbocycles. The van der Waals surface area contributed by atoms with Crippen LogP contribution in [0.3, 0.4) is 0 Å². The van der Waals surface area contributed by atoms with Crippen LogP contribution in [0.2, 0.25) is 0 Å². The molecule has 0 aliphatic rings. The van der Waals surface area contributed by atoms with E-state index in [-0.39, 0.29) is 0 Å². The second-order valence-electron chi connectivity index (χ2n) is 3.43. The third-order valence-electron chi connectivity index (χ3n) is 2.19. The van der Waals surface area contributed by atoms with Crippen LogP contribution in [0.25, 0.3) is 0 Å². The highest BCUT2D eigenvalue weighted by Crippen LogP contribution is 2.16. The highest BCUT2D eigenvalue weighted by atomic mass is 16.5. The molecule has 0 amide bonds. The Morgan fingerprint density at radius 1 is 1.38 bits per heavy atom. The predicted octanol–water partition coefficient (Wildman–Crippen LogP) is 1.81. The number of hydrogen-bond acceptors (Lipinski definition) is 3. The SMILES string of the molecule is Cn1ccc(COc2ccccc2C=O)n1. The fraction of sp³-hybridized carbons (Fsp3) is 0.167. The van der Waals surface area contributed by atoms with Gasteiger partial charge in [-0.3, -0.25) is 9.48 Å². The van der Waals surface area contributed by atoms with Gasteiger partial charge in [0.05, 0.1) is 11.3 Å². The van der Waals surface area contributed by atoms with E-state index in [1.165, 1.54) is 0 Å². The molecule has 2 rings (SSSR count). The van der Waals surface area contributed by atoms with Gasteiger partial charge in [0.25, 0.3) is 0 Å². The molecule has 16 heavy (non-hydrogen) atoms. The third kappa shape index (κ3) is 2.28. The number of nitrogens with zero attached hydrogens (tertiary/aromatic N) is 2. The van der Waals surface area contributed by atoms with Gasteiger partial charge in [-0.1, -0.05) is 12.1 Å². The zero-order valence-electron chi connectivity index (χ0n) is 8.96. The molecule has 0 aliphatic heterocycles. The van der Waals surface area contributed by atoms with E-state index in [2.05, 4.69) is 5.10 Å². The maximum absolute atomic E-state index is 10.7. The molecular weight excluding hydrogens is 204 g/mol. The van der Waals surface area contributed by atoms with E-state index in [0.717, 1.165) is 12.0 Å². The van der Waals surface area contributed by atoms with E-state index in [9.17, 15) is 4.79 Å². The van der Waals surface area contributed by atoms with Gasteiger partial charge in [0, 0.05) is 13.2 Å². The molecule has 0 radical (unpaired) electrons. The Kier molecular flexibility index (Phi) is 3.00. The number of hydrogen-bond donors (Lipinski definition) is 0. The number of aldehydes is 1. The highest BCUT2D eigenvalue weighted by Gasteiger charge is 2.03. The number of rotatable bonds is 4. The quantitative estimate of drug-likeness (QED) is 0.732. The van der Waals surface area contributed by atoms with Crippen LogP contribution in [0.5, 0.6) is 5.75 Å². The highest BCUT2D eigenvalue weighted by molar-refractivity contribution is 5.79. The van der Waals surface area contributed by atoms with Crippen LogP contribution in [-0.2, 0) is 13.7 Å². The minimum absolute atomic E-state index is 0.367. The zero-order chi connectivity index (χ0) is 11.4. The minimum atomic E-state index is 0.367. The summed E-state index contributed by atoms with van der Waals surface area (Å²) < 4.78 is 7.23. The molecule has 4 heteroatoms. The Labute approximate surface area is 93.5 Å². The Morgan fingerprint density at radius 3 is 2.88 bits per heavy atom. The Morgan fingerprint density at radius 2 is 2.19 bits per heavy atom. The number of para-hydroxylation sites is 1. The first-order chi connectivity index (χ1) is 7.79. The van der Waals surface area contributed by atoms with Crippen molar-refractivity contribution in [2.75, 3.05) is 0 Å². The van der Waals surface area contributed by atoms with Gasteiger partial charge >= 0.3 is 0 Å². The fourth-order valence-electron chi connectivity index (χ4n) is 1.40. The number of ether oxygens (including phenoxy) is 1. The molecule has 0 atom stereocenters. The topological polar surface area (TPSA) is 44.1 Å². The fourth-order valence-corrected chi connectivity index (χ4v) is 1.40. The molecular formula is C12H12N2O2. The predicted molar refractivity (Wildman–Crippen MR) is 59.4 cm³/mol. The van der Waals surface area contributed by atoms with Crippen LogP contribution in [0.1, 0.15) is 16.1 Å². The van der Waals surface area contributed by atoms with E-state index in [1.807, 2.05) is 25.4 Å². The number of aryl methyl sites for hydroxylation is 1. The van der Waals surface area contributed by atoms with Crippen LogP contribution < -0.4 is 4.74 Å². The maximum atomic E-state index is 10.7. The van der Waals surface area contributed by atoms with Gasteiger partial charge in [-0.2, -0.15) is 5.10 Å². The molecule has 0 fully saturated rings. The van der Waals surface area contributed by atoms with E-state index in [4.69, 9.17) is 4.74 Å². The second-order valence-corrected chi connectivity index (χ2v) is 3.43. The minimum Gasteiger partial charge on any atom is -0.486 e. The normalized spacial score (nSPS) is 10.1. The number of benzene rings is 1. The summed E-state index contributed by atoms with van der Waals surface area (Å²) in [6, 6.07) is 9.01. The number of aromatic nitrogens is 2. The largest absolute Gasteiger partial charge is 0.486 e. The molecule has 0 aliphatic carbocycles. The molecule has 0 bridgehead atoms. The van der Waals surface area contributed by atoms with E-state index in [1.54, 1.807) is 22.9 Å². The van der Waals surface area contributed by atoms with Crippen LogP contribution in [-0.4, -0.2) is 16.1 Å².